The molecule has 3 heterocycles. The molecule has 0 aliphatic carbocycles. The summed E-state index contributed by atoms with van der Waals surface area (Å²) >= 11 is 0. The Labute approximate surface area is 252 Å². The molecule has 0 saturated heterocycles. The molecule has 1 aliphatic rings. The molecule has 0 fully saturated rings. The van der Waals surface area contributed by atoms with Crippen molar-refractivity contribution in [1.29, 1.82) is 0 Å². The largest absolute Gasteiger partial charge is 0.455 e. The van der Waals surface area contributed by atoms with Gasteiger partial charge in [0, 0.05) is 32.7 Å². The molecule has 7 aromatic carbocycles. The lowest BCUT2D eigenvalue weighted by molar-refractivity contribution is 0.493. The Kier molecular flexibility index (Phi) is 4.69. The van der Waals surface area contributed by atoms with Gasteiger partial charge in [0.1, 0.15) is 11.5 Å². The van der Waals surface area contributed by atoms with Crippen LogP contribution >= 0.6 is 0 Å². The predicted octanol–water partition coefficient (Wildman–Crippen LogP) is 10.5. The van der Waals surface area contributed by atoms with Crippen molar-refractivity contribution in [3.63, 3.8) is 0 Å². The highest BCUT2D eigenvalue weighted by molar-refractivity contribution is 6.17. The van der Waals surface area contributed by atoms with Gasteiger partial charge in [-0.2, -0.15) is 0 Å². The zero-order valence-corrected chi connectivity index (χ0v) is 23.5. The van der Waals surface area contributed by atoms with E-state index in [0.717, 1.165) is 77.2 Å². The number of aromatic nitrogens is 3. The molecule has 10 rings (SSSR count). The van der Waals surface area contributed by atoms with E-state index >= 15 is 0 Å². The first-order valence-electron chi connectivity index (χ1n) is 14.8. The maximum atomic E-state index is 6.79. The smallest absolute Gasteiger partial charge is 0.235 e. The van der Waals surface area contributed by atoms with Gasteiger partial charge in [-0.1, -0.05) is 109 Å². The molecule has 0 atom stereocenters. The number of ether oxygens (including phenoxy) is 1. The average molecular weight is 562 g/mol. The molecule has 0 N–H and O–H groups in total. The molecule has 0 radical (unpaired) electrons. The molecular weight excluding hydrogens is 538 g/mol. The van der Waals surface area contributed by atoms with Crippen molar-refractivity contribution < 1.29 is 4.74 Å². The van der Waals surface area contributed by atoms with Crippen molar-refractivity contribution in [3.05, 3.63) is 140 Å². The monoisotopic (exact) mass is 561 g/mol. The summed E-state index contributed by atoms with van der Waals surface area (Å²) in [6, 6.07) is 48.8. The fraction of sp³-hybridized carbons (Fsp3) is 0. The number of nitrogens with zero attached hydrogens (tertiary/aromatic N) is 3. The third-order valence-electron chi connectivity index (χ3n) is 8.99. The highest BCUT2D eigenvalue weighted by Gasteiger charge is 2.26. The summed E-state index contributed by atoms with van der Waals surface area (Å²) < 4.78 is 8.98. The van der Waals surface area contributed by atoms with Crippen molar-refractivity contribution >= 4 is 54.3 Å². The van der Waals surface area contributed by atoms with Crippen LogP contribution in [-0.4, -0.2) is 14.5 Å². The van der Waals surface area contributed by atoms with Crippen LogP contribution in [0.5, 0.6) is 11.5 Å². The molecule has 0 saturated carbocycles. The van der Waals surface area contributed by atoms with Gasteiger partial charge >= 0.3 is 0 Å². The second kappa shape index (κ2) is 8.76. The van der Waals surface area contributed by atoms with Crippen LogP contribution in [-0.2, 0) is 0 Å². The molecule has 44 heavy (non-hydrogen) atoms. The normalized spacial score (nSPS) is 12.3. The summed E-state index contributed by atoms with van der Waals surface area (Å²) in [5, 5.41) is 7.80. The lowest BCUT2D eigenvalue weighted by Gasteiger charge is -2.22. The molecule has 1 aliphatic heterocycles. The van der Waals surface area contributed by atoms with Crippen molar-refractivity contribution in [3.8, 4) is 39.8 Å². The van der Waals surface area contributed by atoms with Gasteiger partial charge in [-0.05, 0) is 46.7 Å². The number of fused-ring (bicyclic) bond motifs is 9. The molecule has 0 unspecified atom stereocenters. The second-order valence-electron chi connectivity index (χ2n) is 11.4. The van der Waals surface area contributed by atoms with E-state index in [-0.39, 0.29) is 0 Å². The minimum absolute atomic E-state index is 0.636. The fourth-order valence-corrected chi connectivity index (χ4v) is 7.06. The molecule has 4 nitrogen and oxygen atoms in total. The van der Waals surface area contributed by atoms with E-state index in [0.29, 0.717) is 5.95 Å². The van der Waals surface area contributed by atoms with E-state index in [1.54, 1.807) is 0 Å². The van der Waals surface area contributed by atoms with Gasteiger partial charge < -0.3 is 4.74 Å². The Morgan fingerprint density at radius 2 is 1.25 bits per heavy atom. The fourth-order valence-electron chi connectivity index (χ4n) is 7.06. The minimum Gasteiger partial charge on any atom is -0.455 e. The molecule has 2 aromatic heterocycles. The summed E-state index contributed by atoms with van der Waals surface area (Å²) in [7, 11) is 0. The molecule has 0 spiro atoms. The zero-order chi connectivity index (χ0) is 28.8. The lowest BCUT2D eigenvalue weighted by Crippen LogP contribution is -2.04. The number of hydrogen-bond acceptors (Lipinski definition) is 3. The average Bonchev–Trinajstić information content (AvgIpc) is 3.43. The van der Waals surface area contributed by atoms with E-state index in [2.05, 4.69) is 138 Å². The van der Waals surface area contributed by atoms with Gasteiger partial charge in [-0.15, -0.1) is 0 Å². The summed E-state index contributed by atoms with van der Waals surface area (Å²) in [4.78, 5) is 10.6. The summed E-state index contributed by atoms with van der Waals surface area (Å²) in [6.45, 7) is 0. The highest BCUT2D eigenvalue weighted by Crippen LogP contribution is 2.51. The Morgan fingerprint density at radius 3 is 2.16 bits per heavy atom. The molecule has 4 heteroatoms. The van der Waals surface area contributed by atoms with Crippen LogP contribution in [0.4, 0.5) is 0 Å². The van der Waals surface area contributed by atoms with Crippen LogP contribution in [0.2, 0.25) is 0 Å². The number of hydrogen-bond donors (Lipinski definition) is 0. The Morgan fingerprint density at radius 1 is 0.477 bits per heavy atom. The third kappa shape index (κ3) is 3.17. The van der Waals surface area contributed by atoms with Crippen LogP contribution in [0.3, 0.4) is 0 Å². The number of benzene rings is 7. The predicted molar refractivity (Wildman–Crippen MR) is 180 cm³/mol. The first-order valence-corrected chi connectivity index (χ1v) is 14.8. The highest BCUT2D eigenvalue weighted by atomic mass is 16.5. The summed E-state index contributed by atoms with van der Waals surface area (Å²) in [6.07, 6.45) is 0. The summed E-state index contributed by atoms with van der Waals surface area (Å²) in [5.74, 6) is 2.39. The van der Waals surface area contributed by atoms with Crippen LogP contribution < -0.4 is 4.74 Å². The zero-order valence-electron chi connectivity index (χ0n) is 23.5. The van der Waals surface area contributed by atoms with Crippen molar-refractivity contribution in [1.82, 2.24) is 14.5 Å². The molecule has 0 amide bonds. The Hall–Kier alpha value is -6.00. The summed E-state index contributed by atoms with van der Waals surface area (Å²) in [5.41, 5.74) is 7.25. The van der Waals surface area contributed by atoms with E-state index in [1.165, 1.54) is 10.9 Å². The van der Waals surface area contributed by atoms with E-state index < -0.39 is 0 Å². The van der Waals surface area contributed by atoms with Crippen LogP contribution in [0, 0.1) is 0 Å². The van der Waals surface area contributed by atoms with Crippen molar-refractivity contribution in [2.75, 3.05) is 0 Å². The first-order chi connectivity index (χ1) is 21.8. The second-order valence-corrected chi connectivity index (χ2v) is 11.4. The molecule has 0 bridgehead atoms. The van der Waals surface area contributed by atoms with Crippen molar-refractivity contribution in [2.45, 2.75) is 0 Å². The van der Waals surface area contributed by atoms with Gasteiger partial charge in [-0.3, -0.25) is 4.57 Å². The van der Waals surface area contributed by atoms with Gasteiger partial charge in [0.05, 0.1) is 27.6 Å². The molecule has 204 valence electrons. The minimum atomic E-state index is 0.636. The standard InChI is InChI=1S/C40H23N3O/c1-2-11-26(12-3-1)37-31-21-20-24-10-4-5-15-27(24)38(31)42-40(41-37)43-32-18-7-6-16-30(32)36-33(43)23-22-29-28-17-8-13-25-14-9-19-34(35(25)28)44-39(29)36/h1-23H. The quantitative estimate of drug-likeness (QED) is 0.197. The lowest BCUT2D eigenvalue weighted by atomic mass is 9.93. The maximum Gasteiger partial charge on any atom is 0.235 e. The maximum absolute atomic E-state index is 6.79. The Balaban J connectivity index is 1.34. The number of para-hydroxylation sites is 1. The Bertz CT molecular complexity index is 2630. The van der Waals surface area contributed by atoms with E-state index in [1.807, 2.05) is 6.07 Å². The van der Waals surface area contributed by atoms with Gasteiger partial charge in [-0.25, -0.2) is 9.97 Å². The third-order valence-corrected chi connectivity index (χ3v) is 8.99. The topological polar surface area (TPSA) is 39.9 Å². The SMILES string of the molecule is c1ccc(-c2nc(-n3c4ccccc4c4c5c(ccc43)-c3cccc4cccc(c34)O5)nc3c2ccc2ccccc23)cc1. The van der Waals surface area contributed by atoms with Crippen molar-refractivity contribution in [2.24, 2.45) is 0 Å². The number of rotatable bonds is 2. The van der Waals surface area contributed by atoms with Crippen LogP contribution in [0.25, 0.3) is 82.6 Å². The molecular formula is C40H23N3O. The van der Waals surface area contributed by atoms with E-state index in [4.69, 9.17) is 14.7 Å². The van der Waals surface area contributed by atoms with Gasteiger partial charge in [0.2, 0.25) is 5.95 Å². The van der Waals surface area contributed by atoms with Gasteiger partial charge in [0.15, 0.2) is 0 Å². The van der Waals surface area contributed by atoms with Crippen LogP contribution in [0.1, 0.15) is 0 Å². The van der Waals surface area contributed by atoms with E-state index in [9.17, 15) is 0 Å². The van der Waals surface area contributed by atoms with Crippen LogP contribution in [0.15, 0.2) is 140 Å². The van der Waals surface area contributed by atoms with Gasteiger partial charge in [0.25, 0.3) is 0 Å². The molecule has 9 aromatic rings. The first kappa shape index (κ1) is 23.6.